The Bertz CT molecular complexity index is 645. The fraction of sp³-hybridized carbons (Fsp3) is 0.0714. The maximum Gasteiger partial charge on any atom is 0.341 e. The molecule has 0 aliphatic carbocycles. The van der Waals surface area contributed by atoms with Crippen LogP contribution in [0.5, 0.6) is 0 Å². The highest BCUT2D eigenvalue weighted by Crippen LogP contribution is 2.22. The Kier molecular flexibility index (Phi) is 4.64. The second kappa shape index (κ2) is 6.25. The van der Waals surface area contributed by atoms with Gasteiger partial charge in [0, 0.05) is 0 Å². The van der Waals surface area contributed by atoms with Crippen LogP contribution in [0.4, 0.5) is 13.2 Å². The van der Waals surface area contributed by atoms with E-state index in [0.717, 1.165) is 0 Å². The molecule has 2 aromatic rings. The van der Waals surface area contributed by atoms with Gasteiger partial charge in [-0.15, -0.1) is 0 Å². The highest BCUT2D eigenvalue weighted by atomic mass is 127. The molecule has 6 heteroatoms. The van der Waals surface area contributed by atoms with Crippen LogP contribution >= 0.6 is 22.6 Å². The third kappa shape index (κ3) is 3.12. The van der Waals surface area contributed by atoms with E-state index in [2.05, 4.69) is 0 Å². The van der Waals surface area contributed by atoms with Crippen molar-refractivity contribution in [2.45, 2.75) is 6.61 Å². The van der Waals surface area contributed by atoms with Crippen molar-refractivity contribution in [1.82, 2.24) is 0 Å². The van der Waals surface area contributed by atoms with E-state index in [1.807, 2.05) is 0 Å². The molecule has 0 N–H and O–H groups in total. The van der Waals surface area contributed by atoms with Gasteiger partial charge < -0.3 is 4.74 Å². The molecule has 0 aromatic heterocycles. The lowest BCUT2D eigenvalue weighted by Gasteiger charge is -2.07. The molecule has 2 rings (SSSR count). The van der Waals surface area contributed by atoms with Crippen LogP contribution in [0.1, 0.15) is 15.9 Å². The lowest BCUT2D eigenvalue weighted by Crippen LogP contribution is -2.11. The van der Waals surface area contributed by atoms with Crippen molar-refractivity contribution in [1.29, 1.82) is 0 Å². The van der Waals surface area contributed by atoms with Gasteiger partial charge in [-0.05, 0) is 34.2 Å². The summed E-state index contributed by atoms with van der Waals surface area (Å²) >= 11 is 1.30. The number of carbonyl (C=O) groups is 1. The zero-order valence-corrected chi connectivity index (χ0v) is 12.2. The van der Waals surface area contributed by atoms with Crippen LogP contribution in [0.15, 0.2) is 36.4 Å². The van der Waals surface area contributed by atoms with E-state index in [-0.39, 0.29) is 6.61 Å². The summed E-state index contributed by atoms with van der Waals surface area (Å²) in [5.74, 6) is -4.77. The predicted molar refractivity (Wildman–Crippen MR) is 74.6 cm³/mol. The van der Waals surface area contributed by atoms with Gasteiger partial charge in [-0.3, -0.25) is 0 Å². The highest BCUT2D eigenvalue weighted by Gasteiger charge is 2.22. The van der Waals surface area contributed by atoms with Crippen molar-refractivity contribution >= 4 is 28.6 Å². The average molecular weight is 392 g/mol. The monoisotopic (exact) mass is 392 g/mol. The molecule has 0 saturated heterocycles. The molecule has 0 saturated carbocycles. The van der Waals surface area contributed by atoms with Crippen molar-refractivity contribution in [3.63, 3.8) is 0 Å². The van der Waals surface area contributed by atoms with E-state index in [4.69, 9.17) is 4.74 Å². The molecule has 0 aliphatic heterocycles. The van der Waals surface area contributed by atoms with Crippen molar-refractivity contribution in [2.75, 3.05) is 0 Å². The summed E-state index contributed by atoms with van der Waals surface area (Å²) < 4.78 is 44.3. The van der Waals surface area contributed by atoms with Gasteiger partial charge in [-0.1, -0.05) is 30.3 Å². The number of carbonyl (C=O) groups excluding carboxylic acids is 1. The van der Waals surface area contributed by atoms with Crippen LogP contribution in [0.3, 0.4) is 0 Å². The zero-order chi connectivity index (χ0) is 14.7. The van der Waals surface area contributed by atoms with Crippen LogP contribution in [0, 0.1) is 21.0 Å². The first-order valence-electron chi connectivity index (χ1n) is 5.54. The summed E-state index contributed by atoms with van der Waals surface area (Å²) in [6.45, 7) is -0.0747. The summed E-state index contributed by atoms with van der Waals surface area (Å²) in [4.78, 5) is 11.7. The smallest absolute Gasteiger partial charge is 0.341 e. The molecular formula is C14H8F3IO2. The van der Waals surface area contributed by atoms with Gasteiger partial charge in [0.1, 0.15) is 6.61 Å². The van der Waals surface area contributed by atoms with E-state index in [1.54, 1.807) is 30.3 Å². The summed E-state index contributed by atoms with van der Waals surface area (Å²) in [6, 6.07) is 9.24. The van der Waals surface area contributed by atoms with Gasteiger partial charge in [0.25, 0.3) is 0 Å². The standard InChI is InChI=1S/C14H8F3IO2/c15-10-6-9(11(16)13(18)12(10)17)14(19)20-7-8-4-2-1-3-5-8/h1-6H,7H2. The summed E-state index contributed by atoms with van der Waals surface area (Å²) in [5.41, 5.74) is 0.0859. The van der Waals surface area contributed by atoms with Gasteiger partial charge in [0.2, 0.25) is 0 Å². The minimum Gasteiger partial charge on any atom is -0.457 e. The topological polar surface area (TPSA) is 26.3 Å². The minimum absolute atomic E-state index is 0.0747. The molecular weight excluding hydrogens is 384 g/mol. The number of benzene rings is 2. The summed E-state index contributed by atoms with van der Waals surface area (Å²) in [5, 5.41) is 0. The van der Waals surface area contributed by atoms with Crippen molar-refractivity contribution in [2.24, 2.45) is 0 Å². The summed E-state index contributed by atoms with van der Waals surface area (Å²) in [6.07, 6.45) is 0. The Morgan fingerprint density at radius 2 is 1.75 bits per heavy atom. The number of hydrogen-bond acceptors (Lipinski definition) is 2. The fourth-order valence-corrected chi connectivity index (χ4v) is 2.07. The molecule has 2 nitrogen and oxygen atoms in total. The first kappa shape index (κ1) is 14.8. The molecule has 0 radical (unpaired) electrons. The molecule has 104 valence electrons. The maximum atomic E-state index is 13.7. The fourth-order valence-electron chi connectivity index (χ4n) is 1.52. The number of esters is 1. The van der Waals surface area contributed by atoms with E-state index < -0.39 is 32.6 Å². The van der Waals surface area contributed by atoms with E-state index >= 15 is 0 Å². The lowest BCUT2D eigenvalue weighted by atomic mass is 10.2. The van der Waals surface area contributed by atoms with Gasteiger partial charge >= 0.3 is 5.97 Å². The minimum atomic E-state index is -1.32. The molecule has 0 bridgehead atoms. The van der Waals surface area contributed by atoms with Gasteiger partial charge in [0.05, 0.1) is 9.13 Å². The Labute approximate surface area is 126 Å². The van der Waals surface area contributed by atoms with Crippen LogP contribution in [-0.4, -0.2) is 5.97 Å². The molecule has 0 aliphatic rings. The number of ether oxygens (including phenoxy) is 1. The Hall–Kier alpha value is -1.57. The molecule has 20 heavy (non-hydrogen) atoms. The van der Waals surface area contributed by atoms with E-state index in [9.17, 15) is 18.0 Å². The maximum absolute atomic E-state index is 13.7. The van der Waals surface area contributed by atoms with Crippen LogP contribution in [-0.2, 0) is 11.3 Å². The Balaban J connectivity index is 2.18. The normalized spacial score (nSPS) is 10.4. The predicted octanol–water partition coefficient (Wildman–Crippen LogP) is 4.07. The van der Waals surface area contributed by atoms with Crippen molar-refractivity contribution < 1.29 is 22.7 Å². The Morgan fingerprint density at radius 1 is 1.10 bits per heavy atom. The zero-order valence-electron chi connectivity index (χ0n) is 10.00. The van der Waals surface area contributed by atoms with Crippen LogP contribution in [0.2, 0.25) is 0 Å². The highest BCUT2D eigenvalue weighted by molar-refractivity contribution is 14.1. The second-order valence-electron chi connectivity index (χ2n) is 3.91. The first-order chi connectivity index (χ1) is 9.50. The number of halogens is 4. The van der Waals surface area contributed by atoms with Gasteiger partial charge in [-0.25, -0.2) is 18.0 Å². The van der Waals surface area contributed by atoms with E-state index in [1.165, 1.54) is 22.6 Å². The van der Waals surface area contributed by atoms with Crippen LogP contribution in [0.25, 0.3) is 0 Å². The lowest BCUT2D eigenvalue weighted by molar-refractivity contribution is 0.0466. The molecule has 0 fully saturated rings. The Morgan fingerprint density at radius 3 is 2.40 bits per heavy atom. The quantitative estimate of drug-likeness (QED) is 0.341. The van der Waals surface area contributed by atoms with Crippen molar-refractivity contribution in [3.05, 3.63) is 68.5 Å². The van der Waals surface area contributed by atoms with Crippen LogP contribution < -0.4 is 0 Å². The third-order valence-electron chi connectivity index (χ3n) is 2.54. The molecule has 0 spiro atoms. The van der Waals surface area contributed by atoms with Crippen molar-refractivity contribution in [3.8, 4) is 0 Å². The van der Waals surface area contributed by atoms with Gasteiger partial charge in [0.15, 0.2) is 17.5 Å². The summed E-state index contributed by atoms with van der Waals surface area (Å²) in [7, 11) is 0. The second-order valence-corrected chi connectivity index (χ2v) is 4.99. The average Bonchev–Trinajstić information content (AvgIpc) is 2.47. The molecule has 0 heterocycles. The number of rotatable bonds is 3. The molecule has 0 amide bonds. The largest absolute Gasteiger partial charge is 0.457 e. The SMILES string of the molecule is O=C(OCc1ccccc1)c1cc(F)c(F)c(I)c1F. The molecule has 0 atom stereocenters. The third-order valence-corrected chi connectivity index (χ3v) is 3.48. The number of hydrogen-bond donors (Lipinski definition) is 0. The van der Waals surface area contributed by atoms with Gasteiger partial charge in [-0.2, -0.15) is 0 Å². The van der Waals surface area contributed by atoms with E-state index in [0.29, 0.717) is 11.6 Å². The molecule has 2 aromatic carbocycles. The molecule has 0 unspecified atom stereocenters. The first-order valence-corrected chi connectivity index (χ1v) is 6.62.